The SMILES string of the molecule is COCC(=O)N(Cc1ccccc1Cl)CC(C)[C@@H]1CC[C@@H](C)[C@@]2(O)[C@@H]1C=C(C)[C@@H](OC(C)=O)[C@@H]2OC(=O)[C@@H]1C[C@@]2(O)c3cccc(Cl)c3N(C)O[C@H]2N1. The van der Waals surface area contributed by atoms with E-state index in [9.17, 15) is 24.6 Å². The second-order valence-electron chi connectivity index (χ2n) is 15.1. The highest BCUT2D eigenvalue weighted by Crippen LogP contribution is 2.53. The maximum Gasteiger partial charge on any atom is 0.323 e. The number of methoxy groups -OCH3 is 1. The van der Waals surface area contributed by atoms with Crippen LogP contribution in [0.1, 0.15) is 58.1 Å². The minimum atomic E-state index is -1.64. The summed E-state index contributed by atoms with van der Waals surface area (Å²) < 4.78 is 17.3. The summed E-state index contributed by atoms with van der Waals surface area (Å²) in [5.74, 6) is -2.65. The third-order valence-corrected chi connectivity index (χ3v) is 12.3. The van der Waals surface area contributed by atoms with E-state index in [1.54, 1.807) is 43.1 Å². The lowest BCUT2D eigenvalue weighted by Crippen LogP contribution is -2.66. The molecule has 288 valence electrons. The third kappa shape index (κ3) is 7.31. The minimum Gasteiger partial charge on any atom is -0.454 e. The first-order valence-corrected chi connectivity index (χ1v) is 18.8. The van der Waals surface area contributed by atoms with E-state index in [0.717, 1.165) is 12.0 Å². The Kier molecular flexibility index (Phi) is 11.5. The molecule has 2 aliphatic heterocycles. The quantitative estimate of drug-likeness (QED) is 0.227. The van der Waals surface area contributed by atoms with Gasteiger partial charge in [0, 0.05) is 57.1 Å². The highest BCUT2D eigenvalue weighted by Gasteiger charge is 2.62. The molecule has 12 nitrogen and oxygen atoms in total. The summed E-state index contributed by atoms with van der Waals surface area (Å²) in [5.41, 5.74) is -0.808. The Morgan fingerprint density at radius 3 is 2.51 bits per heavy atom. The lowest BCUT2D eigenvalue weighted by molar-refractivity contribution is -0.225. The van der Waals surface area contributed by atoms with Gasteiger partial charge in [-0.25, -0.2) is 0 Å². The van der Waals surface area contributed by atoms with Crippen molar-refractivity contribution in [1.82, 2.24) is 10.2 Å². The topological polar surface area (TPSA) is 147 Å². The van der Waals surface area contributed by atoms with E-state index in [2.05, 4.69) is 12.2 Å². The number of aliphatic hydroxyl groups is 2. The predicted octanol–water partition coefficient (Wildman–Crippen LogP) is 4.76. The van der Waals surface area contributed by atoms with Gasteiger partial charge in [0.05, 0.1) is 10.7 Å². The number of amides is 1. The van der Waals surface area contributed by atoms with Crippen molar-refractivity contribution in [2.75, 3.05) is 32.4 Å². The van der Waals surface area contributed by atoms with Crippen LogP contribution in [0.25, 0.3) is 0 Å². The fourth-order valence-electron chi connectivity index (χ4n) is 8.94. The van der Waals surface area contributed by atoms with Crippen molar-refractivity contribution in [3.8, 4) is 0 Å². The molecule has 0 aromatic heterocycles. The van der Waals surface area contributed by atoms with Crippen molar-refractivity contribution in [3.05, 3.63) is 75.3 Å². The van der Waals surface area contributed by atoms with Gasteiger partial charge in [-0.15, -0.1) is 0 Å². The number of carbonyl (C=O) groups is 3. The number of nitrogens with one attached hydrogen (secondary N) is 1. The first-order chi connectivity index (χ1) is 25.1. The van der Waals surface area contributed by atoms with Crippen LogP contribution in [0.5, 0.6) is 0 Å². The Labute approximate surface area is 320 Å². The molecule has 2 aliphatic carbocycles. The Morgan fingerprint density at radius 1 is 1.09 bits per heavy atom. The third-order valence-electron chi connectivity index (χ3n) is 11.7. The number of para-hydroxylation sites is 1. The molecule has 2 fully saturated rings. The van der Waals surface area contributed by atoms with Gasteiger partial charge in [-0.3, -0.25) is 29.6 Å². The molecule has 2 heterocycles. The molecule has 14 heteroatoms. The predicted molar refractivity (Wildman–Crippen MR) is 198 cm³/mol. The maximum absolute atomic E-state index is 14.2. The Morgan fingerprint density at radius 2 is 1.81 bits per heavy atom. The first-order valence-electron chi connectivity index (χ1n) is 18.1. The van der Waals surface area contributed by atoms with Gasteiger partial charge >= 0.3 is 11.9 Å². The van der Waals surface area contributed by atoms with E-state index in [4.69, 9.17) is 42.3 Å². The van der Waals surface area contributed by atoms with Gasteiger partial charge in [0.25, 0.3) is 0 Å². The smallest absolute Gasteiger partial charge is 0.323 e. The summed E-state index contributed by atoms with van der Waals surface area (Å²) in [7, 11) is 3.14. The number of benzene rings is 2. The monoisotopic (exact) mass is 773 g/mol. The van der Waals surface area contributed by atoms with Gasteiger partial charge in [-0.1, -0.05) is 73.5 Å². The number of hydrogen-bond donors (Lipinski definition) is 3. The fraction of sp³-hybridized carbons (Fsp3) is 0.564. The van der Waals surface area contributed by atoms with Crippen LogP contribution in [0.2, 0.25) is 10.0 Å². The lowest BCUT2D eigenvalue weighted by Gasteiger charge is -2.56. The van der Waals surface area contributed by atoms with Crippen molar-refractivity contribution < 1.29 is 43.6 Å². The molecule has 1 saturated carbocycles. The number of nitrogens with zero attached hydrogens (tertiary/aromatic N) is 2. The van der Waals surface area contributed by atoms with Crippen molar-refractivity contribution in [2.45, 2.75) is 89.2 Å². The van der Waals surface area contributed by atoms with Crippen LogP contribution in [0.3, 0.4) is 0 Å². The average molecular weight is 775 g/mol. The molecule has 2 aromatic rings. The van der Waals surface area contributed by atoms with E-state index in [1.165, 1.54) is 19.1 Å². The number of rotatable bonds is 10. The molecule has 53 heavy (non-hydrogen) atoms. The summed E-state index contributed by atoms with van der Waals surface area (Å²) in [6.07, 6.45) is -0.126. The first kappa shape index (κ1) is 39.5. The van der Waals surface area contributed by atoms with Gasteiger partial charge in [-0.05, 0) is 60.8 Å². The Balaban J connectivity index is 1.28. The van der Waals surface area contributed by atoms with E-state index in [-0.39, 0.29) is 43.2 Å². The van der Waals surface area contributed by atoms with Crippen LogP contribution >= 0.6 is 23.2 Å². The summed E-state index contributed by atoms with van der Waals surface area (Å²) in [4.78, 5) is 47.7. The fourth-order valence-corrected chi connectivity index (χ4v) is 9.43. The second-order valence-corrected chi connectivity index (χ2v) is 15.9. The van der Waals surface area contributed by atoms with Crippen LogP contribution in [-0.2, 0) is 45.6 Å². The van der Waals surface area contributed by atoms with E-state index in [0.29, 0.717) is 39.8 Å². The Bertz CT molecular complexity index is 1760. The normalized spacial score (nSPS) is 32.5. The molecule has 1 amide bonds. The summed E-state index contributed by atoms with van der Waals surface area (Å²) in [6.45, 7) is 7.58. The molecule has 10 atom stereocenters. The van der Waals surface area contributed by atoms with Gasteiger partial charge in [0.2, 0.25) is 5.91 Å². The second kappa shape index (κ2) is 15.5. The van der Waals surface area contributed by atoms with Gasteiger partial charge < -0.3 is 29.3 Å². The Hall–Kier alpha value is -3.23. The highest BCUT2D eigenvalue weighted by atomic mass is 35.5. The van der Waals surface area contributed by atoms with Crippen LogP contribution in [0.4, 0.5) is 5.69 Å². The molecule has 0 spiro atoms. The van der Waals surface area contributed by atoms with Gasteiger partial charge in [0.1, 0.15) is 23.9 Å². The van der Waals surface area contributed by atoms with Crippen LogP contribution < -0.4 is 10.4 Å². The highest BCUT2D eigenvalue weighted by molar-refractivity contribution is 6.33. The zero-order valence-corrected chi connectivity index (χ0v) is 32.4. The molecule has 1 saturated heterocycles. The van der Waals surface area contributed by atoms with E-state index >= 15 is 0 Å². The number of carbonyl (C=O) groups excluding carboxylic acids is 3. The largest absolute Gasteiger partial charge is 0.454 e. The van der Waals surface area contributed by atoms with E-state index < -0.39 is 53.5 Å². The molecule has 2 aromatic carbocycles. The number of esters is 2. The van der Waals surface area contributed by atoms with Crippen LogP contribution in [-0.4, -0.2) is 90.3 Å². The number of halogens is 2. The zero-order valence-electron chi connectivity index (χ0n) is 30.9. The van der Waals surface area contributed by atoms with E-state index in [1.807, 2.05) is 31.2 Å². The lowest BCUT2D eigenvalue weighted by atomic mass is 9.55. The van der Waals surface area contributed by atoms with Crippen molar-refractivity contribution >= 4 is 46.7 Å². The molecule has 6 rings (SSSR count). The molecular formula is C39H49Cl2N3O9. The number of anilines is 1. The average Bonchev–Trinajstić information content (AvgIpc) is 3.45. The molecular weight excluding hydrogens is 725 g/mol. The standard InChI is InChI=1S/C39H49Cl2N3O9/c1-21-16-28-26(22(2)18-44(32(46)20-50-6)19-25-10-7-8-12-29(25)40)15-14-23(3)39(28,49)35(34(21)51-24(4)45)52-36(47)31-17-38(48)27-11-9-13-30(41)33(27)43(5)53-37(38)42-31/h7-13,16,22-23,26,28,31,34-35,37,42,48-49H,14-15,17-20H2,1-6H3/t22?,23-,26+,28-,31+,34-,35+,37-,38-,39-/m1/s1. The summed E-state index contributed by atoms with van der Waals surface area (Å²) >= 11 is 13.0. The van der Waals surface area contributed by atoms with Gasteiger partial charge in [-0.2, -0.15) is 0 Å². The van der Waals surface area contributed by atoms with Crippen LogP contribution in [0, 0.1) is 23.7 Å². The number of fused-ring (bicyclic) bond motifs is 4. The minimum absolute atomic E-state index is 0.0920. The maximum atomic E-state index is 14.2. The van der Waals surface area contributed by atoms with Gasteiger partial charge in [0.15, 0.2) is 18.4 Å². The number of ether oxygens (including phenoxy) is 3. The molecule has 3 N–H and O–H groups in total. The number of hydrogen-bond acceptors (Lipinski definition) is 11. The molecule has 0 bridgehead atoms. The summed E-state index contributed by atoms with van der Waals surface area (Å²) in [6, 6.07) is 11.5. The summed E-state index contributed by atoms with van der Waals surface area (Å²) in [5, 5.41) is 30.3. The number of hydroxylamine groups is 1. The zero-order chi connectivity index (χ0) is 38.4. The van der Waals surface area contributed by atoms with Crippen LogP contribution in [0.15, 0.2) is 54.1 Å². The molecule has 0 radical (unpaired) electrons. The van der Waals surface area contributed by atoms with Crippen molar-refractivity contribution in [2.24, 2.45) is 23.7 Å². The van der Waals surface area contributed by atoms with Crippen molar-refractivity contribution in [1.29, 1.82) is 0 Å². The molecule has 1 unspecified atom stereocenters. The van der Waals surface area contributed by atoms with Crippen molar-refractivity contribution in [3.63, 3.8) is 0 Å². The molecule has 4 aliphatic rings.